The summed E-state index contributed by atoms with van der Waals surface area (Å²) in [5.74, 6) is 0.184. The predicted molar refractivity (Wildman–Crippen MR) is 88.1 cm³/mol. The van der Waals surface area contributed by atoms with Crippen LogP contribution in [-0.2, 0) is 14.8 Å². The van der Waals surface area contributed by atoms with Gasteiger partial charge >= 0.3 is 0 Å². The van der Waals surface area contributed by atoms with Crippen molar-refractivity contribution in [3.8, 4) is 5.75 Å². The van der Waals surface area contributed by atoms with Crippen LogP contribution in [0.5, 0.6) is 5.75 Å². The van der Waals surface area contributed by atoms with Crippen LogP contribution in [0.1, 0.15) is 32.6 Å². The van der Waals surface area contributed by atoms with Gasteiger partial charge in [0.2, 0.25) is 10.0 Å². The average Bonchev–Trinajstić information content (AvgIpc) is 3.06. The van der Waals surface area contributed by atoms with Crippen LogP contribution in [0.15, 0.2) is 24.3 Å². The molecule has 126 valence electrons. The molecule has 23 heavy (non-hydrogen) atoms. The van der Waals surface area contributed by atoms with E-state index in [0.29, 0.717) is 11.4 Å². The van der Waals surface area contributed by atoms with E-state index in [0.717, 1.165) is 25.7 Å². The fourth-order valence-electron chi connectivity index (χ4n) is 3.12. The molecule has 1 amide bonds. The van der Waals surface area contributed by atoms with Crippen LogP contribution in [0.4, 0.5) is 5.69 Å². The molecule has 1 heterocycles. The van der Waals surface area contributed by atoms with Crippen LogP contribution in [0, 0.1) is 0 Å². The summed E-state index contributed by atoms with van der Waals surface area (Å²) in [5, 5.41) is 2.98. The molecule has 3 rings (SSSR count). The SMILES string of the molecule is CCS(=O)(=O)N1C[C@H](C(=O)NC2CCCC2)Oc2ccccc21. The van der Waals surface area contributed by atoms with Crippen LogP contribution in [0.3, 0.4) is 0 Å². The third kappa shape index (κ3) is 3.29. The van der Waals surface area contributed by atoms with Gasteiger partial charge in [0.25, 0.3) is 5.91 Å². The second-order valence-electron chi connectivity index (χ2n) is 6.00. The highest BCUT2D eigenvalue weighted by Gasteiger charge is 2.36. The van der Waals surface area contributed by atoms with E-state index in [1.165, 1.54) is 4.31 Å². The molecule has 2 aliphatic rings. The number of nitrogens with one attached hydrogen (secondary N) is 1. The summed E-state index contributed by atoms with van der Waals surface area (Å²) in [6.07, 6.45) is 3.38. The molecular weight excluding hydrogens is 316 g/mol. The number of para-hydroxylation sites is 2. The summed E-state index contributed by atoms with van der Waals surface area (Å²) in [6.45, 7) is 1.62. The van der Waals surface area contributed by atoms with Gasteiger partial charge in [-0.2, -0.15) is 0 Å². The maximum Gasteiger partial charge on any atom is 0.263 e. The van der Waals surface area contributed by atoms with Crippen molar-refractivity contribution >= 4 is 21.6 Å². The standard InChI is InChI=1S/C16H22N2O4S/c1-2-23(20,21)18-11-15(16(19)17-12-7-3-4-8-12)22-14-10-6-5-9-13(14)18/h5-6,9-10,12,15H,2-4,7-8,11H2,1H3,(H,17,19)/t15-/m1/s1. The van der Waals surface area contributed by atoms with Gasteiger partial charge < -0.3 is 10.1 Å². The summed E-state index contributed by atoms with van der Waals surface area (Å²) in [7, 11) is -3.46. The number of amides is 1. The first-order valence-corrected chi connectivity index (χ1v) is 9.68. The highest BCUT2D eigenvalue weighted by atomic mass is 32.2. The summed E-state index contributed by atoms with van der Waals surface area (Å²) >= 11 is 0. The molecule has 0 spiro atoms. The number of ether oxygens (including phenoxy) is 1. The van der Waals surface area contributed by atoms with Crippen molar-refractivity contribution in [1.29, 1.82) is 0 Å². The second-order valence-corrected chi connectivity index (χ2v) is 8.18. The highest BCUT2D eigenvalue weighted by molar-refractivity contribution is 7.92. The Morgan fingerprint density at radius 2 is 2.00 bits per heavy atom. The molecule has 1 N–H and O–H groups in total. The van der Waals surface area contributed by atoms with Crippen molar-refractivity contribution < 1.29 is 17.9 Å². The van der Waals surface area contributed by atoms with E-state index >= 15 is 0 Å². The van der Waals surface area contributed by atoms with Crippen molar-refractivity contribution in [2.75, 3.05) is 16.6 Å². The lowest BCUT2D eigenvalue weighted by Crippen LogP contribution is -2.52. The molecule has 1 aromatic carbocycles. The predicted octanol–water partition coefficient (Wildman–Crippen LogP) is 1.66. The lowest BCUT2D eigenvalue weighted by molar-refractivity contribution is -0.128. The Kier molecular flexibility index (Phi) is 4.48. The lowest BCUT2D eigenvalue weighted by Gasteiger charge is -2.34. The molecule has 0 aromatic heterocycles. The monoisotopic (exact) mass is 338 g/mol. The van der Waals surface area contributed by atoms with Crippen molar-refractivity contribution in [3.63, 3.8) is 0 Å². The second kappa shape index (κ2) is 6.39. The normalized spacial score (nSPS) is 21.6. The fraction of sp³-hybridized carbons (Fsp3) is 0.562. The van der Waals surface area contributed by atoms with Gasteiger partial charge in [0.15, 0.2) is 6.10 Å². The van der Waals surface area contributed by atoms with Gasteiger partial charge in [-0.15, -0.1) is 0 Å². The van der Waals surface area contributed by atoms with E-state index in [1.807, 2.05) is 0 Å². The average molecular weight is 338 g/mol. The van der Waals surface area contributed by atoms with Crippen molar-refractivity contribution in [1.82, 2.24) is 5.32 Å². The highest BCUT2D eigenvalue weighted by Crippen LogP contribution is 2.35. The smallest absolute Gasteiger partial charge is 0.263 e. The Bertz CT molecular complexity index is 683. The van der Waals surface area contributed by atoms with Gasteiger partial charge in [0.1, 0.15) is 5.75 Å². The summed E-state index contributed by atoms with van der Waals surface area (Å²) in [4.78, 5) is 12.5. The van der Waals surface area contributed by atoms with Crippen LogP contribution in [-0.4, -0.2) is 38.8 Å². The molecule has 1 aromatic rings. The Hall–Kier alpha value is -1.76. The molecule has 0 radical (unpaired) electrons. The van der Waals surface area contributed by atoms with Crippen LogP contribution in [0.2, 0.25) is 0 Å². The van der Waals surface area contributed by atoms with Crippen molar-refractivity contribution in [3.05, 3.63) is 24.3 Å². The number of anilines is 1. The van der Waals surface area contributed by atoms with Gasteiger partial charge in [-0.25, -0.2) is 8.42 Å². The van der Waals surface area contributed by atoms with Gasteiger partial charge in [0, 0.05) is 6.04 Å². The van der Waals surface area contributed by atoms with Crippen LogP contribution >= 0.6 is 0 Å². The zero-order chi connectivity index (χ0) is 16.4. The summed E-state index contributed by atoms with van der Waals surface area (Å²) in [6, 6.07) is 7.11. The Morgan fingerprint density at radius 3 is 2.70 bits per heavy atom. The lowest BCUT2D eigenvalue weighted by atomic mass is 10.2. The fourth-order valence-corrected chi connectivity index (χ4v) is 4.25. The molecule has 6 nitrogen and oxygen atoms in total. The maximum atomic E-state index is 12.5. The number of hydrogen-bond donors (Lipinski definition) is 1. The largest absolute Gasteiger partial charge is 0.476 e. The number of benzene rings is 1. The molecule has 0 bridgehead atoms. The molecular formula is C16H22N2O4S. The number of fused-ring (bicyclic) bond motifs is 1. The van der Waals surface area contributed by atoms with E-state index < -0.39 is 16.1 Å². The third-order valence-electron chi connectivity index (χ3n) is 4.43. The van der Waals surface area contributed by atoms with Crippen LogP contribution in [0.25, 0.3) is 0 Å². The number of rotatable bonds is 4. The summed E-state index contributed by atoms with van der Waals surface area (Å²) in [5.41, 5.74) is 0.499. The van der Waals surface area contributed by atoms with Crippen molar-refractivity contribution in [2.24, 2.45) is 0 Å². The summed E-state index contributed by atoms with van der Waals surface area (Å²) < 4.78 is 31.8. The molecule has 1 atom stereocenters. The number of carbonyl (C=O) groups is 1. The molecule has 0 saturated heterocycles. The zero-order valence-electron chi connectivity index (χ0n) is 13.2. The molecule has 1 aliphatic heterocycles. The first-order chi connectivity index (χ1) is 11.0. The van der Waals surface area contributed by atoms with Gasteiger partial charge in [-0.3, -0.25) is 9.10 Å². The molecule has 1 saturated carbocycles. The van der Waals surface area contributed by atoms with Crippen LogP contribution < -0.4 is 14.4 Å². The molecule has 7 heteroatoms. The first kappa shape index (κ1) is 16.1. The molecule has 1 aliphatic carbocycles. The third-order valence-corrected chi connectivity index (χ3v) is 6.18. The zero-order valence-corrected chi connectivity index (χ0v) is 14.0. The Labute approximate surface area is 136 Å². The minimum Gasteiger partial charge on any atom is -0.476 e. The molecule has 1 fully saturated rings. The van der Waals surface area contributed by atoms with E-state index in [2.05, 4.69) is 5.32 Å². The molecule has 0 unspecified atom stereocenters. The van der Waals surface area contributed by atoms with E-state index in [-0.39, 0.29) is 24.2 Å². The topological polar surface area (TPSA) is 75.7 Å². The minimum atomic E-state index is -3.46. The number of sulfonamides is 1. The maximum absolute atomic E-state index is 12.5. The van der Waals surface area contributed by atoms with Gasteiger partial charge in [0.05, 0.1) is 18.0 Å². The number of carbonyl (C=O) groups excluding carboxylic acids is 1. The van der Waals surface area contributed by atoms with E-state index in [1.54, 1.807) is 31.2 Å². The first-order valence-electron chi connectivity index (χ1n) is 8.07. The Morgan fingerprint density at radius 1 is 1.30 bits per heavy atom. The number of hydrogen-bond acceptors (Lipinski definition) is 4. The number of nitrogens with zero attached hydrogens (tertiary/aromatic N) is 1. The van der Waals surface area contributed by atoms with E-state index in [9.17, 15) is 13.2 Å². The quantitative estimate of drug-likeness (QED) is 0.906. The minimum absolute atomic E-state index is 0.0156. The van der Waals surface area contributed by atoms with E-state index in [4.69, 9.17) is 4.74 Å². The van der Waals surface area contributed by atoms with Gasteiger partial charge in [-0.1, -0.05) is 25.0 Å². The van der Waals surface area contributed by atoms with Crippen molar-refractivity contribution in [2.45, 2.75) is 44.8 Å². The Balaban J connectivity index is 1.83. The van der Waals surface area contributed by atoms with Gasteiger partial charge in [-0.05, 0) is 31.9 Å².